The van der Waals surface area contributed by atoms with Crippen LogP contribution in [0.3, 0.4) is 0 Å². The second-order valence-corrected chi connectivity index (χ2v) is 4.18. The van der Waals surface area contributed by atoms with E-state index in [1.54, 1.807) is 29.0 Å². The molecule has 1 unspecified atom stereocenters. The molecular formula is C12H13FN2S. The monoisotopic (exact) mass is 236 g/mol. The molecule has 1 heterocycles. The molecule has 1 N–H and O–H groups in total. The highest BCUT2D eigenvalue weighted by Gasteiger charge is 2.14. The number of aromatic nitrogens is 1. The lowest BCUT2D eigenvalue weighted by Gasteiger charge is -2.16. The molecule has 0 fully saturated rings. The zero-order valence-electron chi connectivity index (χ0n) is 8.98. The Labute approximate surface area is 98.2 Å². The van der Waals surface area contributed by atoms with Crippen molar-refractivity contribution in [3.05, 3.63) is 52.2 Å². The van der Waals surface area contributed by atoms with Crippen molar-refractivity contribution in [2.45, 2.75) is 13.0 Å². The maximum Gasteiger partial charge on any atom is 0.123 e. The highest BCUT2D eigenvalue weighted by molar-refractivity contribution is 7.07. The van der Waals surface area contributed by atoms with E-state index in [1.807, 2.05) is 18.4 Å². The SMILES string of the molecule is CCNC(c1cccc(F)c1)c1cscn1. The highest BCUT2D eigenvalue weighted by atomic mass is 32.1. The smallest absolute Gasteiger partial charge is 0.123 e. The van der Waals surface area contributed by atoms with Crippen LogP contribution in [0.15, 0.2) is 35.2 Å². The van der Waals surface area contributed by atoms with Crippen molar-refractivity contribution in [2.24, 2.45) is 0 Å². The molecule has 2 nitrogen and oxygen atoms in total. The van der Waals surface area contributed by atoms with Gasteiger partial charge in [-0.15, -0.1) is 11.3 Å². The molecule has 2 rings (SSSR count). The lowest BCUT2D eigenvalue weighted by molar-refractivity contribution is 0.597. The number of halogens is 1. The number of rotatable bonds is 4. The van der Waals surface area contributed by atoms with Gasteiger partial charge in [0.15, 0.2) is 0 Å². The van der Waals surface area contributed by atoms with Crippen LogP contribution < -0.4 is 5.32 Å². The van der Waals surface area contributed by atoms with Gasteiger partial charge in [0, 0.05) is 5.38 Å². The van der Waals surface area contributed by atoms with Crippen LogP contribution in [0, 0.1) is 5.82 Å². The molecule has 1 atom stereocenters. The molecule has 0 saturated carbocycles. The summed E-state index contributed by atoms with van der Waals surface area (Å²) in [6, 6.07) is 6.61. The fourth-order valence-electron chi connectivity index (χ4n) is 1.65. The van der Waals surface area contributed by atoms with Crippen molar-refractivity contribution < 1.29 is 4.39 Å². The van der Waals surface area contributed by atoms with E-state index in [1.165, 1.54) is 6.07 Å². The first kappa shape index (κ1) is 11.2. The fraction of sp³-hybridized carbons (Fsp3) is 0.250. The molecule has 0 spiro atoms. The third-order valence-electron chi connectivity index (χ3n) is 2.34. The average Bonchev–Trinajstić information content (AvgIpc) is 2.79. The number of thiazole rings is 1. The second kappa shape index (κ2) is 5.18. The summed E-state index contributed by atoms with van der Waals surface area (Å²) in [4.78, 5) is 4.27. The van der Waals surface area contributed by atoms with Crippen LogP contribution in [0.2, 0.25) is 0 Å². The molecular weight excluding hydrogens is 223 g/mol. The molecule has 84 valence electrons. The number of nitrogens with one attached hydrogen (secondary N) is 1. The van der Waals surface area contributed by atoms with Crippen LogP contribution in [0.5, 0.6) is 0 Å². The lowest BCUT2D eigenvalue weighted by atomic mass is 10.0. The molecule has 4 heteroatoms. The summed E-state index contributed by atoms with van der Waals surface area (Å²) in [5.41, 5.74) is 3.64. The molecule has 0 amide bonds. The van der Waals surface area contributed by atoms with Gasteiger partial charge < -0.3 is 5.32 Å². The second-order valence-electron chi connectivity index (χ2n) is 3.46. The zero-order chi connectivity index (χ0) is 11.4. The first-order valence-electron chi connectivity index (χ1n) is 5.18. The molecule has 0 aliphatic carbocycles. The van der Waals surface area contributed by atoms with Gasteiger partial charge in [-0.1, -0.05) is 19.1 Å². The largest absolute Gasteiger partial charge is 0.305 e. The van der Waals surface area contributed by atoms with Crippen molar-refractivity contribution in [2.75, 3.05) is 6.54 Å². The summed E-state index contributed by atoms with van der Waals surface area (Å²) >= 11 is 1.55. The fourth-order valence-corrected chi connectivity index (χ4v) is 2.23. The van der Waals surface area contributed by atoms with Gasteiger partial charge in [-0.2, -0.15) is 0 Å². The van der Waals surface area contributed by atoms with Gasteiger partial charge in [-0.05, 0) is 24.2 Å². The Morgan fingerprint density at radius 3 is 3.00 bits per heavy atom. The van der Waals surface area contributed by atoms with Crippen molar-refractivity contribution >= 4 is 11.3 Å². The van der Waals surface area contributed by atoms with Crippen LogP contribution in [-0.2, 0) is 0 Å². The van der Waals surface area contributed by atoms with Crippen molar-refractivity contribution in [3.8, 4) is 0 Å². The van der Waals surface area contributed by atoms with Crippen molar-refractivity contribution in [3.63, 3.8) is 0 Å². The summed E-state index contributed by atoms with van der Waals surface area (Å²) in [7, 11) is 0. The van der Waals surface area contributed by atoms with E-state index in [0.717, 1.165) is 17.8 Å². The van der Waals surface area contributed by atoms with E-state index in [0.29, 0.717) is 0 Å². The van der Waals surface area contributed by atoms with Gasteiger partial charge in [0.2, 0.25) is 0 Å². The van der Waals surface area contributed by atoms with Crippen molar-refractivity contribution in [1.82, 2.24) is 10.3 Å². The maximum atomic E-state index is 13.2. The Balaban J connectivity index is 2.33. The summed E-state index contributed by atoms with van der Waals surface area (Å²) in [5, 5.41) is 5.29. The number of hydrogen-bond acceptors (Lipinski definition) is 3. The average molecular weight is 236 g/mol. The Morgan fingerprint density at radius 2 is 2.38 bits per heavy atom. The van der Waals surface area contributed by atoms with Gasteiger partial charge in [0.1, 0.15) is 5.82 Å². The van der Waals surface area contributed by atoms with E-state index in [2.05, 4.69) is 10.3 Å². The topological polar surface area (TPSA) is 24.9 Å². The van der Waals surface area contributed by atoms with E-state index < -0.39 is 0 Å². The van der Waals surface area contributed by atoms with Gasteiger partial charge in [0.25, 0.3) is 0 Å². The van der Waals surface area contributed by atoms with E-state index >= 15 is 0 Å². The lowest BCUT2D eigenvalue weighted by Crippen LogP contribution is -2.22. The molecule has 16 heavy (non-hydrogen) atoms. The Hall–Kier alpha value is -1.26. The van der Waals surface area contributed by atoms with Gasteiger partial charge >= 0.3 is 0 Å². The predicted molar refractivity (Wildman–Crippen MR) is 64.0 cm³/mol. The van der Waals surface area contributed by atoms with E-state index in [-0.39, 0.29) is 11.9 Å². The standard InChI is InChI=1S/C12H13FN2S/c1-2-14-12(11-7-16-8-15-11)9-4-3-5-10(13)6-9/h3-8,12,14H,2H2,1H3. The maximum absolute atomic E-state index is 13.2. The van der Waals surface area contributed by atoms with Crippen LogP contribution in [0.1, 0.15) is 24.2 Å². The molecule has 1 aromatic carbocycles. The van der Waals surface area contributed by atoms with E-state index in [4.69, 9.17) is 0 Å². The molecule has 0 aliphatic rings. The summed E-state index contributed by atoms with van der Waals surface area (Å²) in [6.45, 7) is 2.84. The third kappa shape index (κ3) is 2.46. The minimum absolute atomic E-state index is 0.0213. The van der Waals surface area contributed by atoms with Gasteiger partial charge in [0.05, 0.1) is 17.2 Å². The number of hydrogen-bond donors (Lipinski definition) is 1. The third-order valence-corrected chi connectivity index (χ3v) is 2.94. The van der Waals surface area contributed by atoms with Crippen LogP contribution in [0.4, 0.5) is 4.39 Å². The minimum Gasteiger partial charge on any atom is -0.305 e. The summed E-state index contributed by atoms with van der Waals surface area (Å²) < 4.78 is 13.2. The Bertz CT molecular complexity index is 442. The van der Waals surface area contributed by atoms with Gasteiger partial charge in [-0.25, -0.2) is 9.37 Å². The molecule has 0 aliphatic heterocycles. The quantitative estimate of drug-likeness (QED) is 0.882. The summed E-state index contributed by atoms with van der Waals surface area (Å²) in [6.07, 6.45) is 0. The molecule has 2 aromatic rings. The minimum atomic E-state index is -0.212. The predicted octanol–water partition coefficient (Wildman–Crippen LogP) is 2.98. The first-order chi connectivity index (χ1) is 7.81. The summed E-state index contributed by atoms with van der Waals surface area (Å²) in [5.74, 6) is -0.212. The molecule has 0 radical (unpaired) electrons. The Morgan fingerprint density at radius 1 is 1.50 bits per heavy atom. The van der Waals surface area contributed by atoms with Crippen molar-refractivity contribution in [1.29, 1.82) is 0 Å². The van der Waals surface area contributed by atoms with E-state index in [9.17, 15) is 4.39 Å². The van der Waals surface area contributed by atoms with Gasteiger partial charge in [-0.3, -0.25) is 0 Å². The van der Waals surface area contributed by atoms with Crippen LogP contribution in [0.25, 0.3) is 0 Å². The normalized spacial score (nSPS) is 12.6. The number of nitrogens with zero attached hydrogens (tertiary/aromatic N) is 1. The zero-order valence-corrected chi connectivity index (χ0v) is 9.80. The molecule has 0 bridgehead atoms. The molecule has 1 aromatic heterocycles. The van der Waals surface area contributed by atoms with Crippen LogP contribution in [-0.4, -0.2) is 11.5 Å². The Kier molecular flexibility index (Phi) is 3.64. The first-order valence-corrected chi connectivity index (χ1v) is 6.12. The van der Waals surface area contributed by atoms with Crippen LogP contribution >= 0.6 is 11.3 Å². The molecule has 0 saturated heterocycles. The highest BCUT2D eigenvalue weighted by Crippen LogP contribution is 2.22. The number of benzene rings is 1.